The van der Waals surface area contributed by atoms with Crippen molar-refractivity contribution < 1.29 is 14.7 Å². The molecule has 0 radical (unpaired) electrons. The molecule has 1 heterocycles. The van der Waals surface area contributed by atoms with Crippen molar-refractivity contribution in [2.75, 3.05) is 19.7 Å². The van der Waals surface area contributed by atoms with Crippen molar-refractivity contribution in [2.45, 2.75) is 19.3 Å². The molecule has 0 aliphatic heterocycles. The minimum atomic E-state index is -0.425. The van der Waals surface area contributed by atoms with Crippen molar-refractivity contribution >= 4 is 54.4 Å². The number of nitrogens with one attached hydrogen (secondary N) is 2. The van der Waals surface area contributed by atoms with Crippen LogP contribution in [0.1, 0.15) is 17.5 Å². The monoisotopic (exact) mass is 550 g/mol. The summed E-state index contributed by atoms with van der Waals surface area (Å²) in [6, 6.07) is 11.7. The zero-order chi connectivity index (χ0) is 22.2. The summed E-state index contributed by atoms with van der Waals surface area (Å²) < 4.78 is 7.40. The summed E-state index contributed by atoms with van der Waals surface area (Å²) in [5.74, 6) is 0.177. The number of hydrogen-bond donors (Lipinski definition) is 4. The third-order valence-corrected chi connectivity index (χ3v) is 5.82. The Morgan fingerprint density at radius 3 is 2.81 bits per heavy atom. The first-order valence-electron chi connectivity index (χ1n) is 9.88. The van der Waals surface area contributed by atoms with Gasteiger partial charge in [-0.25, -0.2) is 0 Å². The lowest BCUT2D eigenvalue weighted by Gasteiger charge is -2.14. The highest BCUT2D eigenvalue weighted by Crippen LogP contribution is 2.33. The Morgan fingerprint density at radius 2 is 2.03 bits per heavy atom. The van der Waals surface area contributed by atoms with Crippen molar-refractivity contribution in [2.24, 2.45) is 10.9 Å². The Kier molecular flexibility index (Phi) is 8.51. The van der Waals surface area contributed by atoms with Gasteiger partial charge in [-0.1, -0.05) is 39.3 Å². The van der Waals surface area contributed by atoms with Gasteiger partial charge in [0.25, 0.3) is 5.91 Å². The quantitative estimate of drug-likeness (QED) is 0.131. The number of halogens is 2. The van der Waals surface area contributed by atoms with E-state index in [1.165, 1.54) is 0 Å². The number of carbonyl (C=O) groups is 1. The summed E-state index contributed by atoms with van der Waals surface area (Å²) in [6.07, 6.45) is 3.43. The normalized spacial score (nSPS) is 11.6. The molecule has 0 saturated heterocycles. The molecule has 9 heteroatoms. The molecule has 3 rings (SSSR count). The second kappa shape index (κ2) is 11.3. The Labute approximate surface area is 197 Å². The van der Waals surface area contributed by atoms with Crippen molar-refractivity contribution in [3.63, 3.8) is 0 Å². The van der Waals surface area contributed by atoms with Crippen LogP contribution in [-0.2, 0) is 17.6 Å². The van der Waals surface area contributed by atoms with Crippen LogP contribution in [0.3, 0.4) is 0 Å². The number of fused-ring (bicyclic) bond motifs is 1. The van der Waals surface area contributed by atoms with E-state index < -0.39 is 5.91 Å². The van der Waals surface area contributed by atoms with Crippen LogP contribution in [-0.4, -0.2) is 41.5 Å². The number of carbonyl (C=O) groups excluding carboxylic acids is 1. The van der Waals surface area contributed by atoms with E-state index in [4.69, 9.17) is 10.5 Å². The predicted molar refractivity (Wildman–Crippen MR) is 129 cm³/mol. The van der Waals surface area contributed by atoms with Crippen LogP contribution in [0.15, 0.2) is 56.7 Å². The molecule has 0 atom stereocenters. The van der Waals surface area contributed by atoms with Gasteiger partial charge < -0.3 is 26.0 Å². The van der Waals surface area contributed by atoms with Crippen molar-refractivity contribution in [1.82, 2.24) is 10.3 Å². The minimum absolute atomic E-state index is 0.00704. The highest BCUT2D eigenvalue weighted by atomic mass is 79.9. The number of amides is 1. The summed E-state index contributed by atoms with van der Waals surface area (Å²) in [5, 5.41) is 16.7. The molecule has 0 aliphatic carbocycles. The van der Waals surface area contributed by atoms with Crippen molar-refractivity contribution in [3.05, 3.63) is 62.7 Å². The Bertz CT molecular complexity index is 1080. The van der Waals surface area contributed by atoms with Gasteiger partial charge in [-0.05, 0) is 59.1 Å². The summed E-state index contributed by atoms with van der Waals surface area (Å²) in [7, 11) is 0. The van der Waals surface area contributed by atoms with Gasteiger partial charge in [-0.3, -0.25) is 4.79 Å². The van der Waals surface area contributed by atoms with Gasteiger partial charge in [-0.2, -0.15) is 0 Å². The van der Waals surface area contributed by atoms with Gasteiger partial charge in [0.15, 0.2) is 0 Å². The lowest BCUT2D eigenvalue weighted by atomic mass is 10.1. The molecule has 0 unspecified atom stereocenters. The number of aromatic nitrogens is 1. The van der Waals surface area contributed by atoms with Crippen molar-refractivity contribution in [3.8, 4) is 5.75 Å². The molecule has 1 aromatic heterocycles. The van der Waals surface area contributed by atoms with Gasteiger partial charge in [0, 0.05) is 40.1 Å². The summed E-state index contributed by atoms with van der Waals surface area (Å²) in [6.45, 7) is 1.39. The zero-order valence-electron chi connectivity index (χ0n) is 16.8. The average Bonchev–Trinajstić information content (AvgIpc) is 3.16. The highest BCUT2D eigenvalue weighted by Gasteiger charge is 2.18. The molecule has 5 N–H and O–H groups in total. The van der Waals surface area contributed by atoms with E-state index in [-0.39, 0.29) is 12.1 Å². The van der Waals surface area contributed by atoms with Gasteiger partial charge in [0.1, 0.15) is 11.5 Å². The average molecular weight is 552 g/mol. The number of benzene rings is 2. The highest BCUT2D eigenvalue weighted by molar-refractivity contribution is 9.11. The molecule has 0 saturated carbocycles. The summed E-state index contributed by atoms with van der Waals surface area (Å²) in [4.78, 5) is 15.8. The fraction of sp³-hybridized carbons (Fsp3) is 0.273. The SMILES string of the molecule is NCCCOc1c(Br)cc(Br)cc1C/C(=N\O)C(=O)NCCc1c[nH]c2ccccc12. The second-order valence-corrected chi connectivity index (χ2v) is 8.73. The predicted octanol–water partition coefficient (Wildman–Crippen LogP) is 4.15. The number of nitrogens with two attached hydrogens (primary N) is 1. The van der Waals surface area contributed by atoms with E-state index in [1.54, 1.807) is 0 Å². The van der Waals surface area contributed by atoms with E-state index in [9.17, 15) is 10.0 Å². The lowest BCUT2D eigenvalue weighted by Crippen LogP contribution is -2.33. The molecular weight excluding hydrogens is 528 g/mol. The van der Waals surface area contributed by atoms with Crippen LogP contribution < -0.4 is 15.8 Å². The van der Waals surface area contributed by atoms with E-state index in [0.717, 1.165) is 31.0 Å². The van der Waals surface area contributed by atoms with E-state index in [2.05, 4.69) is 47.3 Å². The third kappa shape index (κ3) is 6.09. The number of nitrogens with zero attached hydrogens (tertiary/aromatic N) is 1. The molecule has 164 valence electrons. The zero-order valence-corrected chi connectivity index (χ0v) is 20.0. The maximum Gasteiger partial charge on any atom is 0.269 e. The maximum atomic E-state index is 12.6. The molecule has 0 bridgehead atoms. The molecule has 0 aliphatic rings. The van der Waals surface area contributed by atoms with Crippen LogP contribution >= 0.6 is 31.9 Å². The molecular formula is C22H24Br2N4O3. The Morgan fingerprint density at radius 1 is 1.23 bits per heavy atom. The number of ether oxygens (including phenoxy) is 1. The van der Waals surface area contributed by atoms with E-state index >= 15 is 0 Å². The topological polar surface area (TPSA) is 113 Å². The Balaban J connectivity index is 1.64. The smallest absolute Gasteiger partial charge is 0.269 e. The lowest BCUT2D eigenvalue weighted by molar-refractivity contribution is -0.115. The number of H-pyrrole nitrogens is 1. The molecule has 7 nitrogen and oxygen atoms in total. The molecule has 2 aromatic carbocycles. The van der Waals surface area contributed by atoms with E-state index in [1.807, 2.05) is 42.6 Å². The van der Waals surface area contributed by atoms with Crippen molar-refractivity contribution in [1.29, 1.82) is 0 Å². The first-order chi connectivity index (χ1) is 15.0. The van der Waals surface area contributed by atoms with Crippen LogP contribution in [0.2, 0.25) is 0 Å². The van der Waals surface area contributed by atoms with Crippen LogP contribution in [0, 0.1) is 0 Å². The standard InChI is InChI=1S/C22H24Br2N4O3/c23-16-10-15(21(18(24)12-16)31-9-3-7-25)11-20(28-30)22(29)26-8-6-14-13-27-19-5-2-1-4-17(14)19/h1-2,4-5,10,12-13,27,30H,3,6-9,11,25H2,(H,26,29)/b28-20+. The minimum Gasteiger partial charge on any atom is -0.492 e. The van der Waals surface area contributed by atoms with Gasteiger partial charge in [-0.15, -0.1) is 0 Å². The molecule has 0 fully saturated rings. The molecule has 1 amide bonds. The van der Waals surface area contributed by atoms with Crippen LogP contribution in [0.5, 0.6) is 5.75 Å². The first kappa shape index (κ1) is 23.3. The first-order valence-corrected chi connectivity index (χ1v) is 11.5. The number of para-hydroxylation sites is 1. The van der Waals surface area contributed by atoms with Crippen LogP contribution in [0.25, 0.3) is 10.9 Å². The number of hydrogen-bond acceptors (Lipinski definition) is 5. The fourth-order valence-corrected chi connectivity index (χ4v) is 4.68. The molecule has 31 heavy (non-hydrogen) atoms. The summed E-state index contributed by atoms with van der Waals surface area (Å²) in [5.41, 5.74) is 8.44. The largest absolute Gasteiger partial charge is 0.492 e. The number of aromatic amines is 1. The molecule has 0 spiro atoms. The van der Waals surface area contributed by atoms with Gasteiger partial charge >= 0.3 is 0 Å². The van der Waals surface area contributed by atoms with E-state index in [0.29, 0.717) is 38.3 Å². The Hall–Kier alpha value is -2.36. The fourth-order valence-electron chi connectivity index (χ4n) is 3.26. The maximum absolute atomic E-state index is 12.6. The summed E-state index contributed by atoms with van der Waals surface area (Å²) >= 11 is 6.94. The van der Waals surface area contributed by atoms with Crippen LogP contribution in [0.4, 0.5) is 0 Å². The van der Waals surface area contributed by atoms with Gasteiger partial charge in [0.05, 0.1) is 11.1 Å². The third-order valence-electron chi connectivity index (χ3n) is 4.78. The number of rotatable bonds is 10. The second-order valence-electron chi connectivity index (χ2n) is 6.96. The number of oxime groups is 1. The molecule has 3 aromatic rings. The van der Waals surface area contributed by atoms with Gasteiger partial charge in [0.2, 0.25) is 0 Å².